The Bertz CT molecular complexity index is 1380. The predicted molar refractivity (Wildman–Crippen MR) is 140 cm³/mol. The molecule has 2 heterocycles. The number of carbonyl (C=O) groups excluding carboxylic acids is 1. The summed E-state index contributed by atoms with van der Waals surface area (Å²) in [6, 6.07) is 19.1. The van der Waals surface area contributed by atoms with Gasteiger partial charge in [-0.05, 0) is 67.6 Å². The van der Waals surface area contributed by atoms with Crippen molar-refractivity contribution in [3.8, 4) is 17.0 Å². The fourth-order valence-electron chi connectivity index (χ4n) is 4.83. The molecule has 9 heteroatoms. The van der Waals surface area contributed by atoms with Gasteiger partial charge in [-0.2, -0.15) is 4.31 Å². The average Bonchev–Trinajstić information content (AvgIpc) is 3.58. The zero-order valence-corrected chi connectivity index (χ0v) is 20.9. The Kier molecular flexibility index (Phi) is 6.55. The van der Waals surface area contributed by atoms with Crippen molar-refractivity contribution in [2.45, 2.75) is 42.0 Å². The molecular formula is C27H33N3O5S. The lowest BCUT2D eigenvalue weighted by Crippen LogP contribution is -2.37. The molecule has 0 unspecified atom stereocenters. The molecule has 2 aliphatic rings. The normalized spacial score (nSPS) is 19.1. The number of aliphatic hydroxyl groups is 1. The fourth-order valence-corrected chi connectivity index (χ4v) is 6.52. The van der Waals surface area contributed by atoms with Crippen molar-refractivity contribution in [1.29, 1.82) is 0 Å². The Balaban J connectivity index is 0.00000200. The number of nitrogens with zero attached hydrogens (tertiary/aromatic N) is 2. The van der Waals surface area contributed by atoms with Gasteiger partial charge in [-0.15, -0.1) is 0 Å². The van der Waals surface area contributed by atoms with E-state index in [4.69, 9.17) is 4.74 Å². The maximum atomic E-state index is 13.2. The van der Waals surface area contributed by atoms with Crippen LogP contribution in [0, 0.1) is 0 Å². The summed E-state index contributed by atoms with van der Waals surface area (Å²) in [5.74, 6) is 1.05. The van der Waals surface area contributed by atoms with Gasteiger partial charge in [0.15, 0.2) is 0 Å². The number of amides is 1. The van der Waals surface area contributed by atoms with E-state index in [0.717, 1.165) is 30.4 Å². The molecule has 5 rings (SSSR count). The van der Waals surface area contributed by atoms with Gasteiger partial charge in [0.1, 0.15) is 11.6 Å². The van der Waals surface area contributed by atoms with E-state index in [1.807, 2.05) is 36.4 Å². The van der Waals surface area contributed by atoms with Gasteiger partial charge in [-0.3, -0.25) is 4.79 Å². The summed E-state index contributed by atoms with van der Waals surface area (Å²) < 4.78 is 32.8. The highest BCUT2D eigenvalue weighted by atomic mass is 32.2. The van der Waals surface area contributed by atoms with Crippen LogP contribution >= 0.6 is 0 Å². The number of aromatic nitrogens is 1. The molecule has 1 aromatic heterocycles. The monoisotopic (exact) mass is 511 g/mol. The molecule has 8 nitrogen and oxygen atoms in total. The lowest BCUT2D eigenvalue weighted by molar-refractivity contribution is -0.118. The lowest BCUT2D eigenvalue weighted by Gasteiger charge is -2.22. The first-order valence-corrected chi connectivity index (χ1v) is 13.5. The molecule has 2 aromatic carbocycles. The third kappa shape index (κ3) is 4.50. The second kappa shape index (κ2) is 9.65. The van der Waals surface area contributed by atoms with Crippen LogP contribution in [0.5, 0.6) is 5.75 Å². The van der Waals surface area contributed by atoms with Crippen LogP contribution < -0.4 is 10.1 Å². The number of nitrogens with one attached hydrogen (secondary N) is 1. The molecule has 3 aromatic rings. The molecule has 0 radical (unpaired) electrons. The molecule has 1 aliphatic heterocycles. The summed E-state index contributed by atoms with van der Waals surface area (Å²) in [5.41, 5.74) is 1.70. The van der Waals surface area contributed by atoms with E-state index in [2.05, 4.69) is 10.3 Å². The number of benzene rings is 2. The van der Waals surface area contributed by atoms with Crippen molar-refractivity contribution < 1.29 is 25.9 Å². The first-order chi connectivity index (χ1) is 17.4. The summed E-state index contributed by atoms with van der Waals surface area (Å²) in [5, 5.41) is 12.5. The second-order valence-electron chi connectivity index (χ2n) is 9.30. The number of sulfonamides is 1. The standard InChI is InChI=1S/C27H29N3O5S.2H2/c1-35-22-7-2-5-20(17-22)27(14-15-27)26(32)29-25-9-3-8-24(28-25)19-10-12-23(13-11-19)36(33,34)30-16-4-6-21(30)18-31;;/h2-3,5,7-13,17,21,31H,4,6,14-16,18H2,1H3,(H,28,29,32);2*1H/t21-;;/m1../s1. The van der Waals surface area contributed by atoms with Crippen molar-refractivity contribution in [1.82, 2.24) is 9.29 Å². The van der Waals surface area contributed by atoms with Crippen molar-refractivity contribution in [3.63, 3.8) is 0 Å². The van der Waals surface area contributed by atoms with E-state index >= 15 is 0 Å². The van der Waals surface area contributed by atoms with Gasteiger partial charge in [-0.1, -0.05) is 30.3 Å². The van der Waals surface area contributed by atoms with Crippen molar-refractivity contribution in [2.24, 2.45) is 0 Å². The zero-order chi connectivity index (χ0) is 25.3. The Morgan fingerprint density at radius 2 is 1.92 bits per heavy atom. The molecule has 36 heavy (non-hydrogen) atoms. The third-order valence-corrected chi connectivity index (χ3v) is 9.05. The molecule has 1 atom stereocenters. The Hall–Kier alpha value is -3.27. The van der Waals surface area contributed by atoms with Crippen LogP contribution in [0.3, 0.4) is 0 Å². The highest BCUT2D eigenvalue weighted by molar-refractivity contribution is 7.89. The summed E-state index contributed by atoms with van der Waals surface area (Å²) in [6.07, 6.45) is 2.92. The zero-order valence-electron chi connectivity index (χ0n) is 20.1. The first-order valence-electron chi connectivity index (χ1n) is 12.0. The number of methoxy groups -OCH3 is 1. The summed E-state index contributed by atoms with van der Waals surface area (Å²) >= 11 is 0. The van der Waals surface area contributed by atoms with Crippen LogP contribution in [0.25, 0.3) is 11.3 Å². The molecule has 1 amide bonds. The van der Waals surface area contributed by atoms with Crippen LogP contribution in [0.4, 0.5) is 5.82 Å². The molecule has 2 N–H and O–H groups in total. The second-order valence-corrected chi connectivity index (χ2v) is 11.2. The Morgan fingerprint density at radius 1 is 1.17 bits per heavy atom. The highest BCUT2D eigenvalue weighted by Gasteiger charge is 2.51. The smallest absolute Gasteiger partial charge is 0.243 e. The Morgan fingerprint density at radius 3 is 2.61 bits per heavy atom. The van der Waals surface area contributed by atoms with Crippen LogP contribution in [0.15, 0.2) is 71.6 Å². The number of anilines is 1. The van der Waals surface area contributed by atoms with Gasteiger partial charge in [0.05, 0.1) is 29.7 Å². The SMILES string of the molecule is COc1cccc(C2(C(=O)Nc3cccc(-c4ccc(S(=O)(=O)N5CCC[C@@H]5CO)cc4)n3)CC2)c1.[HH].[HH]. The fraction of sp³-hybridized carbons (Fsp3) is 0.333. The van der Waals surface area contributed by atoms with E-state index in [-0.39, 0.29) is 26.3 Å². The van der Waals surface area contributed by atoms with Crippen LogP contribution in [-0.2, 0) is 20.2 Å². The number of ether oxygens (including phenoxy) is 1. The minimum absolute atomic E-state index is 0. The van der Waals surface area contributed by atoms with Crippen molar-refractivity contribution >= 4 is 21.7 Å². The molecule has 0 bridgehead atoms. The number of rotatable bonds is 8. The van der Waals surface area contributed by atoms with E-state index in [1.165, 1.54) is 4.31 Å². The highest BCUT2D eigenvalue weighted by Crippen LogP contribution is 2.49. The average molecular weight is 512 g/mol. The molecule has 1 saturated carbocycles. The minimum atomic E-state index is -3.68. The van der Waals surface area contributed by atoms with E-state index in [9.17, 15) is 18.3 Å². The van der Waals surface area contributed by atoms with Crippen LogP contribution in [-0.4, -0.2) is 55.0 Å². The minimum Gasteiger partial charge on any atom is -0.497 e. The maximum absolute atomic E-state index is 13.2. The Labute approximate surface area is 214 Å². The number of hydrogen-bond acceptors (Lipinski definition) is 6. The van der Waals surface area contributed by atoms with E-state index in [0.29, 0.717) is 30.2 Å². The third-order valence-electron chi connectivity index (χ3n) is 7.09. The van der Waals surface area contributed by atoms with Crippen LogP contribution in [0.2, 0.25) is 0 Å². The molecule has 1 aliphatic carbocycles. The van der Waals surface area contributed by atoms with Gasteiger partial charge in [0, 0.05) is 21.0 Å². The number of aliphatic hydroxyl groups excluding tert-OH is 1. The first kappa shape index (κ1) is 24.4. The molecule has 0 spiro atoms. The molecule has 192 valence electrons. The van der Waals surface area contributed by atoms with Gasteiger partial charge in [-0.25, -0.2) is 13.4 Å². The number of hydrogen-bond donors (Lipinski definition) is 2. The van der Waals surface area contributed by atoms with E-state index in [1.54, 1.807) is 37.4 Å². The number of carbonyl (C=O) groups is 1. The van der Waals surface area contributed by atoms with Gasteiger partial charge < -0.3 is 15.2 Å². The summed E-state index contributed by atoms with van der Waals surface area (Å²) in [4.78, 5) is 18.0. The number of pyridine rings is 1. The van der Waals surface area contributed by atoms with Crippen molar-refractivity contribution in [2.75, 3.05) is 25.6 Å². The summed E-state index contributed by atoms with van der Waals surface area (Å²) in [6.45, 7) is 0.231. The maximum Gasteiger partial charge on any atom is 0.243 e. The summed E-state index contributed by atoms with van der Waals surface area (Å²) in [7, 11) is -2.07. The largest absolute Gasteiger partial charge is 0.497 e. The van der Waals surface area contributed by atoms with Gasteiger partial charge >= 0.3 is 0 Å². The van der Waals surface area contributed by atoms with Crippen molar-refractivity contribution in [3.05, 3.63) is 72.3 Å². The van der Waals surface area contributed by atoms with Gasteiger partial charge in [0.25, 0.3) is 0 Å². The lowest BCUT2D eigenvalue weighted by atomic mass is 9.94. The molecule has 2 fully saturated rings. The van der Waals surface area contributed by atoms with E-state index < -0.39 is 15.4 Å². The predicted octanol–water partition coefficient (Wildman–Crippen LogP) is 4.06. The topological polar surface area (TPSA) is 109 Å². The molecular weight excluding hydrogens is 478 g/mol. The van der Waals surface area contributed by atoms with Crippen LogP contribution in [0.1, 0.15) is 34.1 Å². The van der Waals surface area contributed by atoms with Gasteiger partial charge in [0.2, 0.25) is 15.9 Å². The molecule has 1 saturated heterocycles. The quantitative estimate of drug-likeness (QED) is 0.472.